The number of rotatable bonds is 5. The fraction of sp³-hybridized carbons (Fsp3) is 0.400. The predicted octanol–water partition coefficient (Wildman–Crippen LogP) is 1.15. The van der Waals surface area contributed by atoms with Gasteiger partial charge in [-0.25, -0.2) is 4.98 Å². The summed E-state index contributed by atoms with van der Waals surface area (Å²) in [7, 11) is 1.87. The SMILES string of the molecule is CC=CCOc1cncc(CNC)n1. The molecule has 0 aliphatic heterocycles. The molecule has 14 heavy (non-hydrogen) atoms. The summed E-state index contributed by atoms with van der Waals surface area (Å²) in [6, 6.07) is 0. The number of aromatic nitrogens is 2. The van der Waals surface area contributed by atoms with Crippen molar-refractivity contribution in [3.63, 3.8) is 0 Å². The van der Waals surface area contributed by atoms with E-state index in [1.165, 1.54) is 0 Å². The molecule has 0 aromatic carbocycles. The fourth-order valence-corrected chi connectivity index (χ4v) is 0.952. The van der Waals surface area contributed by atoms with Gasteiger partial charge in [-0.15, -0.1) is 0 Å². The normalized spacial score (nSPS) is 10.7. The molecule has 0 amide bonds. The summed E-state index contributed by atoms with van der Waals surface area (Å²) in [6.45, 7) is 3.19. The Balaban J connectivity index is 2.54. The van der Waals surface area contributed by atoms with Crippen LogP contribution in [0.1, 0.15) is 12.6 Å². The van der Waals surface area contributed by atoms with Gasteiger partial charge in [0.05, 0.1) is 11.9 Å². The van der Waals surface area contributed by atoms with Gasteiger partial charge in [-0.3, -0.25) is 4.98 Å². The van der Waals surface area contributed by atoms with Crippen LogP contribution in [0.4, 0.5) is 0 Å². The maximum atomic E-state index is 5.35. The van der Waals surface area contributed by atoms with Crippen molar-refractivity contribution in [3.8, 4) is 5.88 Å². The van der Waals surface area contributed by atoms with Gasteiger partial charge in [0.25, 0.3) is 0 Å². The molecule has 0 saturated carbocycles. The molecule has 0 bridgehead atoms. The Bertz CT molecular complexity index is 299. The Hall–Kier alpha value is -1.42. The van der Waals surface area contributed by atoms with Gasteiger partial charge in [0.2, 0.25) is 5.88 Å². The number of allylic oxidation sites excluding steroid dienone is 1. The van der Waals surface area contributed by atoms with E-state index in [1.54, 1.807) is 12.4 Å². The number of nitrogens with one attached hydrogen (secondary N) is 1. The van der Waals surface area contributed by atoms with Gasteiger partial charge in [0.15, 0.2) is 0 Å². The molecule has 4 nitrogen and oxygen atoms in total. The van der Waals surface area contributed by atoms with Crippen molar-refractivity contribution in [2.24, 2.45) is 0 Å². The lowest BCUT2D eigenvalue weighted by molar-refractivity contribution is 0.345. The van der Waals surface area contributed by atoms with Gasteiger partial charge in [-0.05, 0) is 14.0 Å². The third kappa shape index (κ3) is 3.53. The molecule has 0 fully saturated rings. The molecular weight excluding hydrogens is 178 g/mol. The van der Waals surface area contributed by atoms with Crippen LogP contribution in [0.3, 0.4) is 0 Å². The molecule has 0 radical (unpaired) electrons. The van der Waals surface area contributed by atoms with E-state index in [-0.39, 0.29) is 0 Å². The first-order valence-corrected chi connectivity index (χ1v) is 4.56. The van der Waals surface area contributed by atoms with Crippen LogP contribution in [0.2, 0.25) is 0 Å². The van der Waals surface area contributed by atoms with Crippen LogP contribution in [0.15, 0.2) is 24.5 Å². The smallest absolute Gasteiger partial charge is 0.232 e. The Morgan fingerprint density at radius 2 is 2.36 bits per heavy atom. The first kappa shape index (κ1) is 10.7. The fourth-order valence-electron chi connectivity index (χ4n) is 0.952. The summed E-state index contributed by atoms with van der Waals surface area (Å²) in [5.41, 5.74) is 0.880. The van der Waals surface area contributed by atoms with Crippen molar-refractivity contribution in [2.75, 3.05) is 13.7 Å². The van der Waals surface area contributed by atoms with E-state index in [1.807, 2.05) is 26.1 Å². The molecule has 76 valence electrons. The van der Waals surface area contributed by atoms with E-state index in [0.717, 1.165) is 5.69 Å². The number of ether oxygens (including phenoxy) is 1. The van der Waals surface area contributed by atoms with Crippen molar-refractivity contribution in [2.45, 2.75) is 13.5 Å². The lowest BCUT2D eigenvalue weighted by atomic mass is 10.4. The van der Waals surface area contributed by atoms with E-state index in [9.17, 15) is 0 Å². The summed E-state index contributed by atoms with van der Waals surface area (Å²) < 4.78 is 5.35. The van der Waals surface area contributed by atoms with Crippen molar-refractivity contribution in [1.82, 2.24) is 15.3 Å². The Kier molecular flexibility index (Phi) is 4.64. The maximum Gasteiger partial charge on any atom is 0.232 e. The highest BCUT2D eigenvalue weighted by molar-refractivity contribution is 5.08. The highest BCUT2D eigenvalue weighted by atomic mass is 16.5. The second kappa shape index (κ2) is 6.10. The molecule has 1 aromatic heterocycles. The van der Waals surface area contributed by atoms with E-state index in [4.69, 9.17) is 4.74 Å². The summed E-state index contributed by atoms with van der Waals surface area (Å²) in [5, 5.41) is 3.01. The predicted molar refractivity (Wildman–Crippen MR) is 55.1 cm³/mol. The topological polar surface area (TPSA) is 47.0 Å². The molecule has 0 spiro atoms. The highest BCUT2D eigenvalue weighted by Gasteiger charge is 1.97. The molecule has 0 aliphatic carbocycles. The van der Waals surface area contributed by atoms with Crippen molar-refractivity contribution in [1.29, 1.82) is 0 Å². The monoisotopic (exact) mass is 193 g/mol. The Labute approximate surface area is 84.0 Å². The maximum absolute atomic E-state index is 5.35. The second-order valence-electron chi connectivity index (χ2n) is 2.76. The quantitative estimate of drug-likeness (QED) is 0.713. The van der Waals surface area contributed by atoms with Crippen LogP contribution in [0.5, 0.6) is 5.88 Å². The van der Waals surface area contributed by atoms with Crippen molar-refractivity contribution < 1.29 is 4.74 Å². The third-order valence-corrected chi connectivity index (χ3v) is 1.58. The van der Waals surface area contributed by atoms with E-state index in [0.29, 0.717) is 19.0 Å². The van der Waals surface area contributed by atoms with Crippen LogP contribution in [-0.4, -0.2) is 23.6 Å². The number of hydrogen-bond donors (Lipinski definition) is 1. The third-order valence-electron chi connectivity index (χ3n) is 1.58. The molecule has 0 unspecified atom stereocenters. The van der Waals surface area contributed by atoms with E-state index in [2.05, 4.69) is 15.3 Å². The van der Waals surface area contributed by atoms with Gasteiger partial charge in [0.1, 0.15) is 6.61 Å². The summed E-state index contributed by atoms with van der Waals surface area (Å²) in [6.07, 6.45) is 7.19. The van der Waals surface area contributed by atoms with Crippen molar-refractivity contribution >= 4 is 0 Å². The zero-order valence-electron chi connectivity index (χ0n) is 8.53. The molecule has 1 rings (SSSR count). The van der Waals surface area contributed by atoms with E-state index >= 15 is 0 Å². The summed E-state index contributed by atoms with van der Waals surface area (Å²) >= 11 is 0. The van der Waals surface area contributed by atoms with Gasteiger partial charge >= 0.3 is 0 Å². The van der Waals surface area contributed by atoms with Gasteiger partial charge < -0.3 is 10.1 Å². The minimum Gasteiger partial charge on any atom is -0.472 e. The molecule has 1 N–H and O–H groups in total. The summed E-state index contributed by atoms with van der Waals surface area (Å²) in [4.78, 5) is 8.28. The Morgan fingerprint density at radius 1 is 1.50 bits per heavy atom. The standard InChI is InChI=1S/C10H15N3O/c1-3-4-5-14-10-8-12-7-9(13-10)6-11-2/h3-4,7-8,11H,5-6H2,1-2H3. The van der Waals surface area contributed by atoms with Gasteiger partial charge in [-0.1, -0.05) is 12.2 Å². The first-order valence-electron chi connectivity index (χ1n) is 4.56. The lowest BCUT2D eigenvalue weighted by Gasteiger charge is -2.03. The zero-order valence-corrected chi connectivity index (χ0v) is 8.53. The zero-order chi connectivity index (χ0) is 10.2. The van der Waals surface area contributed by atoms with Crippen LogP contribution >= 0.6 is 0 Å². The first-order chi connectivity index (χ1) is 6.86. The molecule has 0 atom stereocenters. The molecule has 0 aliphatic rings. The Morgan fingerprint density at radius 3 is 3.07 bits per heavy atom. The van der Waals surface area contributed by atoms with Crippen LogP contribution in [0.25, 0.3) is 0 Å². The molecular formula is C10H15N3O. The van der Waals surface area contributed by atoms with Crippen LogP contribution in [-0.2, 0) is 6.54 Å². The average Bonchev–Trinajstić information content (AvgIpc) is 2.19. The van der Waals surface area contributed by atoms with Crippen LogP contribution in [0, 0.1) is 0 Å². The number of nitrogens with zero attached hydrogens (tertiary/aromatic N) is 2. The lowest BCUT2D eigenvalue weighted by Crippen LogP contribution is -2.08. The molecule has 1 aromatic rings. The molecule has 1 heterocycles. The summed E-state index contributed by atoms with van der Waals surface area (Å²) in [5.74, 6) is 0.566. The molecule has 4 heteroatoms. The van der Waals surface area contributed by atoms with Gasteiger partial charge in [-0.2, -0.15) is 0 Å². The minimum absolute atomic E-state index is 0.536. The van der Waals surface area contributed by atoms with Gasteiger partial charge in [0, 0.05) is 12.7 Å². The van der Waals surface area contributed by atoms with Crippen molar-refractivity contribution in [3.05, 3.63) is 30.2 Å². The largest absolute Gasteiger partial charge is 0.472 e. The average molecular weight is 193 g/mol. The molecule has 0 saturated heterocycles. The number of hydrogen-bond acceptors (Lipinski definition) is 4. The minimum atomic E-state index is 0.536. The highest BCUT2D eigenvalue weighted by Crippen LogP contribution is 2.04. The second-order valence-corrected chi connectivity index (χ2v) is 2.76. The van der Waals surface area contributed by atoms with Crippen LogP contribution < -0.4 is 10.1 Å². The van der Waals surface area contributed by atoms with E-state index < -0.39 is 0 Å².